The minimum Gasteiger partial charge on any atom is -0.344 e. The summed E-state index contributed by atoms with van der Waals surface area (Å²) in [6, 6.07) is 18.3. The zero-order valence-electron chi connectivity index (χ0n) is 19.9. The van der Waals surface area contributed by atoms with Gasteiger partial charge in [0.25, 0.3) is 11.8 Å². The normalized spacial score (nSPS) is 18.3. The van der Waals surface area contributed by atoms with Gasteiger partial charge in [0.15, 0.2) is 0 Å². The summed E-state index contributed by atoms with van der Waals surface area (Å²) in [4.78, 5) is 44.1. The van der Waals surface area contributed by atoms with E-state index >= 15 is 0 Å². The summed E-state index contributed by atoms with van der Waals surface area (Å²) in [7, 11) is 0. The Morgan fingerprint density at radius 1 is 1.06 bits per heavy atom. The number of hydrogen-bond acceptors (Lipinski definition) is 4. The average Bonchev–Trinajstić information content (AvgIpc) is 3.56. The van der Waals surface area contributed by atoms with Crippen molar-refractivity contribution in [1.29, 1.82) is 0 Å². The second kappa shape index (κ2) is 9.66. The van der Waals surface area contributed by atoms with Crippen molar-refractivity contribution in [3.8, 4) is 0 Å². The molecule has 6 nitrogen and oxygen atoms in total. The molecule has 1 N–H and O–H groups in total. The summed E-state index contributed by atoms with van der Waals surface area (Å²) >= 11 is 1.64. The highest BCUT2D eigenvalue weighted by Crippen LogP contribution is 2.33. The molecule has 0 aliphatic carbocycles. The number of thiophene rings is 1. The second-order valence-electron chi connectivity index (χ2n) is 9.51. The van der Waals surface area contributed by atoms with Gasteiger partial charge in [-0.2, -0.15) is 0 Å². The molecule has 2 aliphatic heterocycles. The number of amides is 3. The van der Waals surface area contributed by atoms with Gasteiger partial charge in [0.2, 0.25) is 5.91 Å². The Kier molecular flexibility index (Phi) is 6.43. The molecule has 2 aliphatic rings. The van der Waals surface area contributed by atoms with Crippen LogP contribution in [0.25, 0.3) is 0 Å². The monoisotopic (exact) mass is 487 g/mol. The molecule has 3 heterocycles. The van der Waals surface area contributed by atoms with Crippen LogP contribution in [-0.2, 0) is 11.3 Å². The van der Waals surface area contributed by atoms with Crippen LogP contribution in [0.15, 0.2) is 66.0 Å². The smallest absolute Gasteiger partial charge is 0.256 e. The molecule has 0 spiro atoms. The number of benzene rings is 2. The van der Waals surface area contributed by atoms with Crippen molar-refractivity contribution in [3.63, 3.8) is 0 Å². The third-order valence-corrected chi connectivity index (χ3v) is 7.81. The third kappa shape index (κ3) is 4.48. The van der Waals surface area contributed by atoms with E-state index in [-0.39, 0.29) is 29.7 Å². The SMILES string of the molecule is CC(C)[C@@H](NC(=O)c1ccc(CN2C(=O)[C@@H]3CCCN3C(=O)c3ccccc32)cc1)c1cccs1. The zero-order valence-corrected chi connectivity index (χ0v) is 20.8. The van der Waals surface area contributed by atoms with Gasteiger partial charge in [0.1, 0.15) is 6.04 Å². The average molecular weight is 488 g/mol. The molecule has 180 valence electrons. The Labute approximate surface area is 209 Å². The van der Waals surface area contributed by atoms with E-state index in [1.54, 1.807) is 39.3 Å². The Hall–Kier alpha value is -3.45. The summed E-state index contributed by atoms with van der Waals surface area (Å²) < 4.78 is 0. The lowest BCUT2D eigenvalue weighted by molar-refractivity contribution is -0.122. The molecule has 0 bridgehead atoms. The van der Waals surface area contributed by atoms with Crippen LogP contribution < -0.4 is 10.2 Å². The van der Waals surface area contributed by atoms with E-state index in [1.807, 2.05) is 47.8 Å². The van der Waals surface area contributed by atoms with Gasteiger partial charge in [0.05, 0.1) is 23.8 Å². The van der Waals surface area contributed by atoms with Crippen LogP contribution in [0.5, 0.6) is 0 Å². The molecule has 2 aromatic carbocycles. The number of rotatable bonds is 6. The summed E-state index contributed by atoms with van der Waals surface area (Å²) in [6.45, 7) is 5.16. The van der Waals surface area contributed by atoms with E-state index in [1.165, 1.54) is 0 Å². The van der Waals surface area contributed by atoms with Crippen molar-refractivity contribution in [3.05, 3.63) is 87.6 Å². The Balaban J connectivity index is 1.36. The molecule has 5 rings (SSSR count). The van der Waals surface area contributed by atoms with Crippen molar-refractivity contribution in [2.24, 2.45) is 5.92 Å². The first-order valence-electron chi connectivity index (χ1n) is 12.1. The molecule has 0 radical (unpaired) electrons. The highest BCUT2D eigenvalue weighted by Gasteiger charge is 2.41. The minimum atomic E-state index is -0.412. The van der Waals surface area contributed by atoms with Crippen molar-refractivity contribution in [2.45, 2.75) is 45.3 Å². The highest BCUT2D eigenvalue weighted by molar-refractivity contribution is 7.10. The fourth-order valence-electron chi connectivity index (χ4n) is 4.98. The molecule has 1 fully saturated rings. The van der Waals surface area contributed by atoms with Gasteiger partial charge >= 0.3 is 0 Å². The second-order valence-corrected chi connectivity index (χ2v) is 10.5. The van der Waals surface area contributed by atoms with Gasteiger partial charge < -0.3 is 15.1 Å². The largest absolute Gasteiger partial charge is 0.344 e. The number of anilines is 1. The Morgan fingerprint density at radius 3 is 2.54 bits per heavy atom. The predicted octanol–water partition coefficient (Wildman–Crippen LogP) is 5.03. The first-order chi connectivity index (χ1) is 16.9. The van der Waals surface area contributed by atoms with E-state index in [4.69, 9.17) is 0 Å². The molecule has 1 saturated heterocycles. The highest BCUT2D eigenvalue weighted by atomic mass is 32.1. The van der Waals surface area contributed by atoms with Gasteiger partial charge in [-0.3, -0.25) is 14.4 Å². The van der Waals surface area contributed by atoms with Gasteiger partial charge in [0, 0.05) is 17.0 Å². The Bertz CT molecular complexity index is 1240. The molecule has 3 aromatic rings. The lowest BCUT2D eigenvalue weighted by atomic mass is 10.0. The fourth-order valence-corrected chi connectivity index (χ4v) is 5.93. The lowest BCUT2D eigenvalue weighted by Gasteiger charge is -2.26. The van der Waals surface area contributed by atoms with Crippen LogP contribution in [0.3, 0.4) is 0 Å². The number of carbonyl (C=O) groups excluding carboxylic acids is 3. The van der Waals surface area contributed by atoms with Crippen LogP contribution in [0, 0.1) is 5.92 Å². The topological polar surface area (TPSA) is 69.7 Å². The van der Waals surface area contributed by atoms with Crippen LogP contribution in [0.2, 0.25) is 0 Å². The number of fused-ring (bicyclic) bond motifs is 2. The molecule has 35 heavy (non-hydrogen) atoms. The quantitative estimate of drug-likeness (QED) is 0.530. The molecule has 1 aromatic heterocycles. The summed E-state index contributed by atoms with van der Waals surface area (Å²) in [5.74, 6) is 0.0330. The van der Waals surface area contributed by atoms with Crippen LogP contribution in [0.1, 0.15) is 63.9 Å². The third-order valence-electron chi connectivity index (χ3n) is 6.85. The molecule has 0 unspecified atom stereocenters. The molecule has 7 heteroatoms. The fraction of sp³-hybridized carbons (Fsp3) is 0.321. The predicted molar refractivity (Wildman–Crippen MR) is 137 cm³/mol. The van der Waals surface area contributed by atoms with Crippen molar-refractivity contribution in [1.82, 2.24) is 10.2 Å². The maximum atomic E-state index is 13.5. The first kappa shape index (κ1) is 23.3. The minimum absolute atomic E-state index is 0.0414. The van der Waals surface area contributed by atoms with Gasteiger partial charge in [-0.1, -0.05) is 44.2 Å². The van der Waals surface area contributed by atoms with E-state index in [9.17, 15) is 14.4 Å². The van der Waals surface area contributed by atoms with Gasteiger partial charge in [-0.15, -0.1) is 11.3 Å². The van der Waals surface area contributed by atoms with Gasteiger partial charge in [-0.25, -0.2) is 0 Å². The molecule has 2 atom stereocenters. The number of nitrogens with one attached hydrogen (secondary N) is 1. The summed E-state index contributed by atoms with van der Waals surface area (Å²) in [5.41, 5.74) is 2.70. The van der Waals surface area contributed by atoms with Gasteiger partial charge in [-0.05, 0) is 60.0 Å². The van der Waals surface area contributed by atoms with E-state index < -0.39 is 6.04 Å². The summed E-state index contributed by atoms with van der Waals surface area (Å²) in [5, 5.41) is 5.18. The zero-order chi connectivity index (χ0) is 24.5. The number of hydrogen-bond donors (Lipinski definition) is 1. The first-order valence-corrected chi connectivity index (χ1v) is 13.0. The van der Waals surface area contributed by atoms with E-state index in [0.717, 1.165) is 16.9 Å². The summed E-state index contributed by atoms with van der Waals surface area (Å²) in [6.07, 6.45) is 1.53. The molecular weight excluding hydrogens is 458 g/mol. The Morgan fingerprint density at radius 2 is 1.83 bits per heavy atom. The van der Waals surface area contributed by atoms with E-state index in [2.05, 4.69) is 19.2 Å². The molecule has 3 amide bonds. The van der Waals surface area contributed by atoms with E-state index in [0.29, 0.717) is 36.3 Å². The lowest BCUT2D eigenvalue weighted by Crippen LogP contribution is -2.44. The maximum absolute atomic E-state index is 13.5. The van der Waals surface area contributed by atoms with Crippen LogP contribution >= 0.6 is 11.3 Å². The molecular formula is C28H29N3O3S. The van der Waals surface area contributed by atoms with Crippen LogP contribution in [0.4, 0.5) is 5.69 Å². The maximum Gasteiger partial charge on any atom is 0.256 e. The molecule has 0 saturated carbocycles. The number of nitrogens with zero attached hydrogens (tertiary/aromatic N) is 2. The van der Waals surface area contributed by atoms with Crippen molar-refractivity contribution in [2.75, 3.05) is 11.4 Å². The number of para-hydroxylation sites is 1. The van der Waals surface area contributed by atoms with Crippen molar-refractivity contribution < 1.29 is 14.4 Å². The standard InChI is InChI=1S/C28H29N3O3S/c1-18(2)25(24-10-6-16-35-24)29-26(32)20-13-11-19(12-14-20)17-31-22-8-4-3-7-21(22)27(33)30-15-5-9-23(30)28(31)34/h3-4,6-8,10-14,16,18,23,25H,5,9,15,17H2,1-2H3,(H,29,32)/t23-,25+/m0/s1. The van der Waals surface area contributed by atoms with Crippen LogP contribution in [-0.4, -0.2) is 35.2 Å². The van der Waals surface area contributed by atoms with Crippen molar-refractivity contribution >= 4 is 34.7 Å². The number of carbonyl (C=O) groups is 3.